The van der Waals surface area contributed by atoms with E-state index in [0.29, 0.717) is 11.9 Å². The third-order valence-electron chi connectivity index (χ3n) is 4.38. The van der Waals surface area contributed by atoms with E-state index in [4.69, 9.17) is 10.7 Å². The molecule has 3 N–H and O–H groups in total. The molecule has 4 nitrogen and oxygen atoms in total. The minimum absolute atomic E-state index is 0.200. The smallest absolute Gasteiger partial charge is 0.199 e. The van der Waals surface area contributed by atoms with Gasteiger partial charge in [0.25, 0.3) is 0 Å². The highest BCUT2D eigenvalue weighted by Gasteiger charge is 2.29. The van der Waals surface area contributed by atoms with Crippen molar-refractivity contribution in [2.24, 2.45) is 21.6 Å². The fourth-order valence-electron chi connectivity index (χ4n) is 3.29. The van der Waals surface area contributed by atoms with Gasteiger partial charge in [-0.2, -0.15) is 0 Å². The van der Waals surface area contributed by atoms with Crippen LogP contribution in [-0.2, 0) is 6.42 Å². The van der Waals surface area contributed by atoms with Gasteiger partial charge in [0.15, 0.2) is 5.96 Å². The lowest BCUT2D eigenvalue weighted by molar-refractivity contribution is 0.514. The first-order chi connectivity index (χ1) is 10.5. The molecule has 2 unspecified atom stereocenters. The van der Waals surface area contributed by atoms with Crippen LogP contribution < -0.4 is 11.1 Å². The van der Waals surface area contributed by atoms with E-state index in [9.17, 15) is 0 Å². The van der Waals surface area contributed by atoms with E-state index in [0.717, 1.165) is 30.8 Å². The highest BCUT2D eigenvalue weighted by atomic mass is 15.1. The zero-order valence-corrected chi connectivity index (χ0v) is 13.6. The number of hydrogen-bond donors (Lipinski definition) is 2. The minimum Gasteiger partial charge on any atom is -0.369 e. The maximum atomic E-state index is 5.93. The van der Waals surface area contributed by atoms with Crippen molar-refractivity contribution >= 4 is 11.8 Å². The first-order valence-corrected chi connectivity index (χ1v) is 7.97. The molecule has 0 amide bonds. The maximum Gasteiger partial charge on any atom is 0.199 e. The Morgan fingerprint density at radius 2 is 2.14 bits per heavy atom. The summed E-state index contributed by atoms with van der Waals surface area (Å²) in [5, 5.41) is 3.08. The fraction of sp³-hybridized carbons (Fsp3) is 0.444. The predicted molar refractivity (Wildman–Crippen MR) is 92.0 cm³/mol. The Bertz CT molecular complexity index is 670. The molecule has 22 heavy (non-hydrogen) atoms. The van der Waals surface area contributed by atoms with Gasteiger partial charge in [-0.3, -0.25) is 4.99 Å². The maximum absolute atomic E-state index is 5.93. The van der Waals surface area contributed by atoms with Crippen LogP contribution in [0.1, 0.15) is 49.4 Å². The van der Waals surface area contributed by atoms with E-state index in [1.54, 1.807) is 0 Å². The number of aryl methyl sites for hydroxylation is 1. The van der Waals surface area contributed by atoms with Crippen LogP contribution in [-0.4, -0.2) is 11.8 Å². The van der Waals surface area contributed by atoms with Gasteiger partial charge >= 0.3 is 0 Å². The number of benzene rings is 1. The van der Waals surface area contributed by atoms with Crippen molar-refractivity contribution in [2.75, 3.05) is 0 Å². The molecule has 3 rings (SSSR count). The lowest BCUT2D eigenvalue weighted by Gasteiger charge is -2.15. The SMILES string of the molecule is C/C1=C/CCC(=NC2c3cc(C)ccc3CC2C)N=C(N)N1. The molecule has 1 aliphatic carbocycles. The second kappa shape index (κ2) is 5.95. The van der Waals surface area contributed by atoms with Crippen LogP contribution in [0.4, 0.5) is 0 Å². The number of hydrogen-bond acceptors (Lipinski definition) is 3. The van der Waals surface area contributed by atoms with Crippen molar-refractivity contribution in [3.63, 3.8) is 0 Å². The summed E-state index contributed by atoms with van der Waals surface area (Å²) in [6, 6.07) is 6.90. The van der Waals surface area contributed by atoms with E-state index in [-0.39, 0.29) is 6.04 Å². The van der Waals surface area contributed by atoms with Gasteiger partial charge in [0, 0.05) is 12.1 Å². The van der Waals surface area contributed by atoms with E-state index >= 15 is 0 Å². The Hall–Kier alpha value is -2.10. The monoisotopic (exact) mass is 296 g/mol. The Balaban J connectivity index is 1.92. The third-order valence-corrected chi connectivity index (χ3v) is 4.38. The largest absolute Gasteiger partial charge is 0.369 e. The van der Waals surface area contributed by atoms with Gasteiger partial charge in [-0.1, -0.05) is 36.8 Å². The summed E-state index contributed by atoms with van der Waals surface area (Å²) in [6.45, 7) is 6.40. The molecule has 4 heteroatoms. The molecule has 0 saturated heterocycles. The molecule has 1 aliphatic heterocycles. The lowest BCUT2D eigenvalue weighted by Crippen LogP contribution is -2.32. The number of nitrogens with two attached hydrogens (primary N) is 1. The molecular weight excluding hydrogens is 272 g/mol. The molecule has 2 atom stereocenters. The second-order valence-corrected chi connectivity index (χ2v) is 6.42. The minimum atomic E-state index is 0.200. The van der Waals surface area contributed by atoms with Crippen molar-refractivity contribution in [3.05, 3.63) is 46.7 Å². The number of guanidine groups is 1. The summed E-state index contributed by atoms with van der Waals surface area (Å²) in [5.74, 6) is 1.79. The molecule has 0 bridgehead atoms. The Labute approximate surface area is 132 Å². The molecular formula is C18H24N4. The number of rotatable bonds is 1. The summed E-state index contributed by atoms with van der Waals surface area (Å²) in [6.07, 6.45) is 5.01. The summed E-state index contributed by atoms with van der Waals surface area (Å²) in [7, 11) is 0. The van der Waals surface area contributed by atoms with Crippen LogP contribution in [0.25, 0.3) is 0 Å². The highest BCUT2D eigenvalue weighted by molar-refractivity contribution is 5.96. The number of aliphatic imine (C=N–C) groups is 2. The Kier molecular flexibility index (Phi) is 4.01. The number of fused-ring (bicyclic) bond motifs is 1. The van der Waals surface area contributed by atoms with Gasteiger partial charge in [-0.05, 0) is 43.7 Å². The fourth-order valence-corrected chi connectivity index (χ4v) is 3.29. The molecule has 116 valence electrons. The van der Waals surface area contributed by atoms with Crippen LogP contribution in [0.3, 0.4) is 0 Å². The quantitative estimate of drug-likeness (QED) is 0.835. The van der Waals surface area contributed by atoms with Crippen molar-refractivity contribution in [1.29, 1.82) is 0 Å². The van der Waals surface area contributed by atoms with Crippen LogP contribution in [0.2, 0.25) is 0 Å². The molecule has 0 aromatic heterocycles. The van der Waals surface area contributed by atoms with Gasteiger partial charge in [0.1, 0.15) is 5.84 Å². The molecule has 0 spiro atoms. The van der Waals surface area contributed by atoms with E-state index in [1.807, 2.05) is 6.92 Å². The highest BCUT2D eigenvalue weighted by Crippen LogP contribution is 2.39. The van der Waals surface area contributed by atoms with Crippen LogP contribution in [0.15, 0.2) is 40.0 Å². The normalized spacial score (nSPS) is 29.0. The van der Waals surface area contributed by atoms with Gasteiger partial charge in [0.2, 0.25) is 0 Å². The molecule has 1 aromatic carbocycles. The third kappa shape index (κ3) is 3.06. The molecule has 1 heterocycles. The van der Waals surface area contributed by atoms with E-state index in [1.165, 1.54) is 16.7 Å². The van der Waals surface area contributed by atoms with Crippen molar-refractivity contribution in [3.8, 4) is 0 Å². The van der Waals surface area contributed by atoms with E-state index < -0.39 is 0 Å². The number of nitrogens with one attached hydrogen (secondary N) is 1. The number of allylic oxidation sites excluding steroid dienone is 2. The van der Waals surface area contributed by atoms with Crippen LogP contribution in [0, 0.1) is 12.8 Å². The number of amidine groups is 1. The second-order valence-electron chi connectivity index (χ2n) is 6.42. The van der Waals surface area contributed by atoms with Crippen molar-refractivity contribution in [2.45, 2.75) is 46.1 Å². The molecule has 2 aliphatic rings. The van der Waals surface area contributed by atoms with Gasteiger partial charge in [-0.25, -0.2) is 4.99 Å². The summed E-state index contributed by atoms with van der Waals surface area (Å²) in [4.78, 5) is 9.43. The average molecular weight is 296 g/mol. The lowest BCUT2D eigenvalue weighted by atomic mass is 10.0. The van der Waals surface area contributed by atoms with Gasteiger partial charge in [0.05, 0.1) is 6.04 Å². The van der Waals surface area contributed by atoms with Crippen LogP contribution in [0.5, 0.6) is 0 Å². The summed E-state index contributed by atoms with van der Waals surface area (Å²) >= 11 is 0. The summed E-state index contributed by atoms with van der Waals surface area (Å²) < 4.78 is 0. The Morgan fingerprint density at radius 1 is 1.32 bits per heavy atom. The molecule has 0 fully saturated rings. The zero-order chi connectivity index (χ0) is 15.7. The standard InChI is InChI=1S/C18H24N4/c1-11-7-8-14-10-12(2)17(15(14)9-11)21-16-6-4-5-13(3)20-18(19)22-16/h5,7-9,12,17H,4,6,10H2,1-3H3,(H3,19,20,21,22)/b13-5-. The predicted octanol–water partition coefficient (Wildman–Crippen LogP) is 3.23. The topological polar surface area (TPSA) is 62.8 Å². The molecule has 0 radical (unpaired) electrons. The average Bonchev–Trinajstić information content (AvgIpc) is 2.73. The van der Waals surface area contributed by atoms with E-state index in [2.05, 4.69) is 48.4 Å². The molecule has 1 aromatic rings. The Morgan fingerprint density at radius 3 is 2.95 bits per heavy atom. The molecule has 0 saturated carbocycles. The zero-order valence-electron chi connectivity index (χ0n) is 13.6. The van der Waals surface area contributed by atoms with Crippen LogP contribution >= 0.6 is 0 Å². The first kappa shape index (κ1) is 14.8. The van der Waals surface area contributed by atoms with Gasteiger partial charge < -0.3 is 11.1 Å². The summed E-state index contributed by atoms with van der Waals surface area (Å²) in [5.41, 5.74) is 11.0. The van der Waals surface area contributed by atoms with Crippen molar-refractivity contribution in [1.82, 2.24) is 5.32 Å². The first-order valence-electron chi connectivity index (χ1n) is 7.97. The number of nitrogens with zero attached hydrogens (tertiary/aromatic N) is 2. The van der Waals surface area contributed by atoms with Crippen molar-refractivity contribution < 1.29 is 0 Å². The van der Waals surface area contributed by atoms with Gasteiger partial charge in [-0.15, -0.1) is 0 Å².